The fraction of sp³-hybridized carbons (Fsp3) is 0.160. The molecule has 1 amide bonds. The van der Waals surface area contributed by atoms with E-state index >= 15 is 0 Å². The highest BCUT2D eigenvalue weighted by Crippen LogP contribution is 2.19. The maximum absolute atomic E-state index is 13.4. The van der Waals surface area contributed by atoms with Gasteiger partial charge in [-0.25, -0.2) is 4.98 Å². The second kappa shape index (κ2) is 9.55. The fourth-order valence-corrected chi connectivity index (χ4v) is 3.84. The standard InChI is InChI=1S/C25H21Cl2N3O2/c1-2-4-23-29-22-12-11-20(28-24(31)17-5-3-6-19(27)13-17)14-21(22)25(32)30(23)15-16-7-9-18(26)10-8-16/h3,5-14H,2,4,15H2,1H3,(H,28,31). The summed E-state index contributed by atoms with van der Waals surface area (Å²) in [5, 5.41) is 4.40. The van der Waals surface area contributed by atoms with Gasteiger partial charge in [-0.2, -0.15) is 0 Å². The predicted molar refractivity (Wildman–Crippen MR) is 130 cm³/mol. The molecule has 0 aliphatic heterocycles. The summed E-state index contributed by atoms with van der Waals surface area (Å²) in [7, 11) is 0. The lowest BCUT2D eigenvalue weighted by molar-refractivity contribution is 0.102. The highest BCUT2D eigenvalue weighted by molar-refractivity contribution is 6.31. The van der Waals surface area contributed by atoms with Gasteiger partial charge in [0, 0.05) is 27.7 Å². The molecule has 4 aromatic rings. The number of rotatable bonds is 6. The molecule has 0 bridgehead atoms. The Morgan fingerprint density at radius 3 is 2.50 bits per heavy atom. The number of nitrogens with zero attached hydrogens (tertiary/aromatic N) is 2. The SMILES string of the molecule is CCCc1nc2ccc(NC(=O)c3cccc(Cl)c3)cc2c(=O)n1Cc1ccc(Cl)cc1. The Bertz CT molecular complexity index is 1350. The van der Waals surface area contributed by atoms with Crippen molar-refractivity contribution in [3.05, 3.63) is 104 Å². The van der Waals surface area contributed by atoms with Gasteiger partial charge in [-0.3, -0.25) is 14.2 Å². The van der Waals surface area contributed by atoms with E-state index in [0.717, 1.165) is 17.8 Å². The summed E-state index contributed by atoms with van der Waals surface area (Å²) in [6.45, 7) is 2.45. The Morgan fingerprint density at radius 2 is 1.78 bits per heavy atom. The van der Waals surface area contributed by atoms with Crippen molar-refractivity contribution in [3.63, 3.8) is 0 Å². The van der Waals surface area contributed by atoms with Crippen molar-refractivity contribution in [1.82, 2.24) is 9.55 Å². The Balaban J connectivity index is 1.72. The predicted octanol–water partition coefficient (Wildman–Crippen LogP) is 5.96. The Labute approximate surface area is 195 Å². The van der Waals surface area contributed by atoms with Crippen molar-refractivity contribution in [2.45, 2.75) is 26.3 Å². The Hall–Kier alpha value is -3.15. The molecule has 0 spiro atoms. The number of carbonyl (C=O) groups is 1. The average Bonchev–Trinajstić information content (AvgIpc) is 2.78. The summed E-state index contributed by atoms with van der Waals surface area (Å²) < 4.78 is 1.69. The molecule has 0 fully saturated rings. The van der Waals surface area contributed by atoms with Gasteiger partial charge in [0.2, 0.25) is 0 Å². The average molecular weight is 466 g/mol. The number of anilines is 1. The second-order valence-electron chi connectivity index (χ2n) is 7.49. The number of aromatic nitrogens is 2. The molecule has 0 radical (unpaired) electrons. The van der Waals surface area contributed by atoms with Gasteiger partial charge in [-0.15, -0.1) is 0 Å². The van der Waals surface area contributed by atoms with Gasteiger partial charge >= 0.3 is 0 Å². The molecular weight excluding hydrogens is 445 g/mol. The lowest BCUT2D eigenvalue weighted by Gasteiger charge is -2.14. The minimum Gasteiger partial charge on any atom is -0.322 e. The molecule has 1 heterocycles. The normalized spacial score (nSPS) is 11.0. The summed E-state index contributed by atoms with van der Waals surface area (Å²) in [6.07, 6.45) is 1.55. The molecule has 0 aliphatic carbocycles. The number of hydrogen-bond acceptors (Lipinski definition) is 3. The molecule has 0 saturated heterocycles. The fourth-order valence-electron chi connectivity index (χ4n) is 3.53. The molecule has 3 aromatic carbocycles. The summed E-state index contributed by atoms with van der Waals surface area (Å²) in [5.74, 6) is 0.430. The van der Waals surface area contributed by atoms with E-state index in [1.807, 2.05) is 12.1 Å². The van der Waals surface area contributed by atoms with Gasteiger partial charge in [0.25, 0.3) is 11.5 Å². The molecule has 162 valence electrons. The zero-order valence-corrected chi connectivity index (χ0v) is 19.0. The Kier molecular flexibility index (Phi) is 6.58. The quantitative estimate of drug-likeness (QED) is 0.382. The monoisotopic (exact) mass is 465 g/mol. The van der Waals surface area contributed by atoms with Crippen molar-refractivity contribution in [2.75, 3.05) is 5.32 Å². The van der Waals surface area contributed by atoms with E-state index in [1.165, 1.54) is 0 Å². The van der Waals surface area contributed by atoms with E-state index < -0.39 is 0 Å². The maximum atomic E-state index is 13.4. The van der Waals surface area contributed by atoms with Gasteiger partial charge in [-0.1, -0.05) is 48.3 Å². The first-order chi connectivity index (χ1) is 15.4. The molecule has 7 heteroatoms. The Morgan fingerprint density at radius 1 is 1.00 bits per heavy atom. The summed E-state index contributed by atoms with van der Waals surface area (Å²) in [4.78, 5) is 30.7. The zero-order chi connectivity index (χ0) is 22.7. The molecule has 32 heavy (non-hydrogen) atoms. The maximum Gasteiger partial charge on any atom is 0.261 e. The molecule has 0 saturated carbocycles. The number of hydrogen-bond donors (Lipinski definition) is 1. The lowest BCUT2D eigenvalue weighted by Crippen LogP contribution is -2.26. The first kappa shape index (κ1) is 22.1. The van der Waals surface area contributed by atoms with E-state index in [1.54, 1.807) is 59.2 Å². The zero-order valence-electron chi connectivity index (χ0n) is 17.4. The van der Waals surface area contributed by atoms with Crippen LogP contribution in [0.4, 0.5) is 5.69 Å². The largest absolute Gasteiger partial charge is 0.322 e. The topological polar surface area (TPSA) is 64.0 Å². The van der Waals surface area contributed by atoms with Gasteiger partial charge in [-0.05, 0) is 60.5 Å². The number of nitrogens with one attached hydrogen (secondary N) is 1. The number of benzene rings is 3. The molecular formula is C25H21Cl2N3O2. The van der Waals surface area contributed by atoms with Crippen LogP contribution in [-0.2, 0) is 13.0 Å². The van der Waals surface area contributed by atoms with E-state index in [0.29, 0.717) is 45.2 Å². The van der Waals surface area contributed by atoms with Crippen LogP contribution in [0.1, 0.15) is 35.1 Å². The molecule has 0 aliphatic rings. The van der Waals surface area contributed by atoms with Crippen molar-refractivity contribution in [1.29, 1.82) is 0 Å². The highest BCUT2D eigenvalue weighted by Gasteiger charge is 2.13. The number of carbonyl (C=O) groups excluding carboxylic acids is 1. The molecule has 0 atom stereocenters. The van der Waals surface area contributed by atoms with Crippen LogP contribution in [-0.4, -0.2) is 15.5 Å². The lowest BCUT2D eigenvalue weighted by atomic mass is 10.1. The minimum atomic E-state index is -0.302. The van der Waals surface area contributed by atoms with Gasteiger partial charge < -0.3 is 5.32 Å². The van der Waals surface area contributed by atoms with Crippen molar-refractivity contribution in [3.8, 4) is 0 Å². The second-order valence-corrected chi connectivity index (χ2v) is 8.37. The third-order valence-electron chi connectivity index (χ3n) is 5.11. The van der Waals surface area contributed by atoms with E-state index in [2.05, 4.69) is 12.2 Å². The molecule has 5 nitrogen and oxygen atoms in total. The van der Waals surface area contributed by atoms with E-state index in [4.69, 9.17) is 28.2 Å². The first-order valence-electron chi connectivity index (χ1n) is 10.3. The van der Waals surface area contributed by atoms with Crippen molar-refractivity contribution < 1.29 is 4.79 Å². The first-order valence-corrected chi connectivity index (χ1v) is 11.0. The van der Waals surface area contributed by atoms with Gasteiger partial charge in [0.1, 0.15) is 5.82 Å². The summed E-state index contributed by atoms with van der Waals surface area (Å²) in [6, 6.07) is 19.3. The number of amides is 1. The van der Waals surface area contributed by atoms with Crippen LogP contribution in [0.5, 0.6) is 0 Å². The van der Waals surface area contributed by atoms with Crippen LogP contribution in [0, 0.1) is 0 Å². The van der Waals surface area contributed by atoms with Gasteiger partial charge in [0.15, 0.2) is 0 Å². The third kappa shape index (κ3) is 4.85. The van der Waals surface area contributed by atoms with Crippen LogP contribution in [0.25, 0.3) is 10.9 Å². The number of aryl methyl sites for hydroxylation is 1. The molecule has 0 unspecified atom stereocenters. The van der Waals surface area contributed by atoms with Crippen LogP contribution in [0.3, 0.4) is 0 Å². The van der Waals surface area contributed by atoms with Crippen LogP contribution in [0.2, 0.25) is 10.0 Å². The van der Waals surface area contributed by atoms with E-state index in [-0.39, 0.29) is 11.5 Å². The number of fused-ring (bicyclic) bond motifs is 1. The smallest absolute Gasteiger partial charge is 0.261 e. The van der Waals surface area contributed by atoms with Crippen molar-refractivity contribution >= 4 is 45.7 Å². The molecule has 4 rings (SSSR count). The molecule has 1 N–H and O–H groups in total. The minimum absolute atomic E-state index is 0.146. The summed E-state index contributed by atoms with van der Waals surface area (Å²) in [5.41, 5.74) is 2.37. The summed E-state index contributed by atoms with van der Waals surface area (Å²) >= 11 is 12.0. The van der Waals surface area contributed by atoms with Crippen LogP contribution >= 0.6 is 23.2 Å². The third-order valence-corrected chi connectivity index (χ3v) is 5.59. The van der Waals surface area contributed by atoms with Crippen LogP contribution < -0.4 is 10.9 Å². The van der Waals surface area contributed by atoms with Gasteiger partial charge in [0.05, 0.1) is 17.4 Å². The highest BCUT2D eigenvalue weighted by atomic mass is 35.5. The van der Waals surface area contributed by atoms with Crippen molar-refractivity contribution in [2.24, 2.45) is 0 Å². The van der Waals surface area contributed by atoms with Crippen LogP contribution in [0.15, 0.2) is 71.5 Å². The molecule has 1 aromatic heterocycles. The van der Waals surface area contributed by atoms with E-state index in [9.17, 15) is 9.59 Å². The number of halogens is 2.